The summed E-state index contributed by atoms with van der Waals surface area (Å²) in [7, 11) is 3.81. The minimum atomic E-state index is -0.927. The van der Waals surface area contributed by atoms with Crippen molar-refractivity contribution in [1.82, 2.24) is 4.98 Å². The standard InChI is InChI=1S/C18H16F3N3OS/c1-23(2)8-9-24(17(25)16-12(20)4-3-5-13(16)21)18-22-14-7-6-11(19)10-15(14)26-18/h3-7,10H,8-9H2,1-2H3/p+1. The number of anilines is 1. The Hall–Kier alpha value is -2.45. The highest BCUT2D eigenvalue weighted by Gasteiger charge is 2.27. The molecule has 0 aliphatic carbocycles. The number of quaternary nitrogens is 1. The van der Waals surface area contributed by atoms with E-state index in [0.717, 1.165) is 28.4 Å². The summed E-state index contributed by atoms with van der Waals surface area (Å²) < 4.78 is 42.1. The Labute approximate surface area is 152 Å². The van der Waals surface area contributed by atoms with E-state index in [4.69, 9.17) is 0 Å². The molecule has 1 heterocycles. The highest BCUT2D eigenvalue weighted by Crippen LogP contribution is 2.30. The fourth-order valence-electron chi connectivity index (χ4n) is 2.46. The van der Waals surface area contributed by atoms with Gasteiger partial charge in [-0.3, -0.25) is 9.69 Å². The number of thiazole rings is 1. The number of likely N-dealkylation sites (N-methyl/N-ethyl adjacent to an activating group) is 1. The van der Waals surface area contributed by atoms with Crippen LogP contribution < -0.4 is 9.80 Å². The van der Waals surface area contributed by atoms with Crippen molar-refractivity contribution in [2.24, 2.45) is 0 Å². The topological polar surface area (TPSA) is 37.6 Å². The summed E-state index contributed by atoms with van der Waals surface area (Å²) in [6, 6.07) is 7.39. The van der Waals surface area contributed by atoms with Crippen LogP contribution in [0.4, 0.5) is 18.3 Å². The predicted molar refractivity (Wildman–Crippen MR) is 95.3 cm³/mol. The minimum Gasteiger partial charge on any atom is -0.338 e. The molecule has 0 aliphatic heterocycles. The second kappa shape index (κ2) is 7.43. The van der Waals surface area contributed by atoms with Crippen molar-refractivity contribution in [3.05, 3.63) is 59.4 Å². The molecule has 1 amide bonds. The van der Waals surface area contributed by atoms with Crippen LogP contribution in [0.3, 0.4) is 0 Å². The van der Waals surface area contributed by atoms with Gasteiger partial charge in [-0.15, -0.1) is 0 Å². The van der Waals surface area contributed by atoms with E-state index in [0.29, 0.717) is 16.8 Å². The fraction of sp³-hybridized carbons (Fsp3) is 0.222. The molecule has 0 aliphatic rings. The van der Waals surface area contributed by atoms with Crippen molar-refractivity contribution in [1.29, 1.82) is 0 Å². The number of amides is 1. The van der Waals surface area contributed by atoms with E-state index in [1.165, 1.54) is 29.2 Å². The molecule has 1 aromatic heterocycles. The Bertz CT molecular complexity index is 938. The maximum Gasteiger partial charge on any atom is 0.266 e. The number of rotatable bonds is 5. The number of fused-ring (bicyclic) bond motifs is 1. The summed E-state index contributed by atoms with van der Waals surface area (Å²) in [5, 5.41) is 0.277. The number of carbonyl (C=O) groups is 1. The summed E-state index contributed by atoms with van der Waals surface area (Å²) in [6.07, 6.45) is 0. The molecule has 136 valence electrons. The number of halogens is 3. The van der Waals surface area contributed by atoms with Gasteiger partial charge in [-0.05, 0) is 30.3 Å². The van der Waals surface area contributed by atoms with Gasteiger partial charge in [-0.25, -0.2) is 18.2 Å². The quantitative estimate of drug-likeness (QED) is 0.739. The van der Waals surface area contributed by atoms with Crippen LogP contribution in [0.25, 0.3) is 10.2 Å². The van der Waals surface area contributed by atoms with Crippen molar-refractivity contribution in [2.75, 3.05) is 32.1 Å². The molecule has 26 heavy (non-hydrogen) atoms. The number of carbonyl (C=O) groups excluding carboxylic acids is 1. The third-order valence-electron chi connectivity index (χ3n) is 3.83. The highest BCUT2D eigenvalue weighted by molar-refractivity contribution is 7.22. The van der Waals surface area contributed by atoms with Gasteiger partial charge >= 0.3 is 0 Å². The van der Waals surface area contributed by atoms with Crippen LogP contribution in [0.1, 0.15) is 10.4 Å². The van der Waals surface area contributed by atoms with E-state index in [2.05, 4.69) is 4.98 Å². The van der Waals surface area contributed by atoms with Crippen molar-refractivity contribution in [2.45, 2.75) is 0 Å². The Morgan fingerprint density at radius 1 is 1.15 bits per heavy atom. The maximum atomic E-state index is 14.1. The highest BCUT2D eigenvalue weighted by atomic mass is 32.1. The zero-order chi connectivity index (χ0) is 18.8. The summed E-state index contributed by atoms with van der Waals surface area (Å²) in [5.41, 5.74) is -0.0953. The predicted octanol–water partition coefficient (Wildman–Crippen LogP) is 2.50. The van der Waals surface area contributed by atoms with Gasteiger partial charge in [0.05, 0.1) is 37.4 Å². The second-order valence-electron chi connectivity index (χ2n) is 6.12. The Morgan fingerprint density at radius 2 is 1.85 bits per heavy atom. The van der Waals surface area contributed by atoms with E-state index in [1.54, 1.807) is 0 Å². The molecule has 0 bridgehead atoms. The van der Waals surface area contributed by atoms with Gasteiger partial charge in [-0.1, -0.05) is 17.4 Å². The van der Waals surface area contributed by atoms with Crippen molar-refractivity contribution in [3.8, 4) is 0 Å². The minimum absolute atomic E-state index is 0.219. The average Bonchev–Trinajstić information content (AvgIpc) is 2.97. The lowest BCUT2D eigenvalue weighted by Crippen LogP contribution is -3.06. The van der Waals surface area contributed by atoms with E-state index in [1.807, 2.05) is 14.1 Å². The zero-order valence-corrected chi connectivity index (χ0v) is 15.0. The first-order chi connectivity index (χ1) is 12.4. The summed E-state index contributed by atoms with van der Waals surface area (Å²) in [6.45, 7) is 0.767. The van der Waals surface area contributed by atoms with Gasteiger partial charge in [0.25, 0.3) is 5.91 Å². The first-order valence-corrected chi connectivity index (χ1v) is 8.79. The molecule has 8 heteroatoms. The largest absolute Gasteiger partial charge is 0.338 e. The fourth-order valence-corrected chi connectivity index (χ4v) is 3.47. The van der Waals surface area contributed by atoms with Crippen LogP contribution >= 0.6 is 11.3 Å². The molecule has 4 nitrogen and oxygen atoms in total. The molecular weight excluding hydrogens is 363 g/mol. The van der Waals surface area contributed by atoms with Crippen LogP contribution in [0.2, 0.25) is 0 Å². The van der Waals surface area contributed by atoms with E-state index in [-0.39, 0.29) is 11.7 Å². The lowest BCUT2D eigenvalue weighted by Gasteiger charge is -2.21. The lowest BCUT2D eigenvalue weighted by molar-refractivity contribution is -0.856. The van der Waals surface area contributed by atoms with Crippen LogP contribution in [0.5, 0.6) is 0 Å². The van der Waals surface area contributed by atoms with E-state index in [9.17, 15) is 18.0 Å². The molecule has 0 fully saturated rings. The third kappa shape index (κ3) is 3.71. The molecule has 3 rings (SSSR count). The number of benzene rings is 2. The van der Waals surface area contributed by atoms with Crippen molar-refractivity contribution < 1.29 is 22.9 Å². The van der Waals surface area contributed by atoms with Gasteiger partial charge in [0.1, 0.15) is 23.0 Å². The number of aromatic nitrogens is 1. The van der Waals surface area contributed by atoms with E-state index >= 15 is 0 Å². The van der Waals surface area contributed by atoms with Gasteiger partial charge in [0.15, 0.2) is 5.13 Å². The zero-order valence-electron chi connectivity index (χ0n) is 14.2. The number of nitrogens with one attached hydrogen (secondary N) is 1. The molecule has 0 unspecified atom stereocenters. The molecule has 3 aromatic rings. The number of hydrogen-bond donors (Lipinski definition) is 1. The molecule has 1 N–H and O–H groups in total. The van der Waals surface area contributed by atoms with Gasteiger partial charge in [-0.2, -0.15) is 0 Å². The molecular formula is C18H17F3N3OS+. The number of hydrogen-bond acceptors (Lipinski definition) is 3. The Kier molecular flexibility index (Phi) is 5.24. The van der Waals surface area contributed by atoms with Crippen LogP contribution in [-0.2, 0) is 0 Å². The van der Waals surface area contributed by atoms with Crippen molar-refractivity contribution >= 4 is 32.6 Å². The lowest BCUT2D eigenvalue weighted by atomic mass is 10.1. The molecule has 2 aromatic carbocycles. The number of nitrogens with zero attached hydrogens (tertiary/aromatic N) is 2. The van der Waals surface area contributed by atoms with Crippen LogP contribution in [0, 0.1) is 17.5 Å². The van der Waals surface area contributed by atoms with Gasteiger partial charge < -0.3 is 4.90 Å². The van der Waals surface area contributed by atoms with E-state index < -0.39 is 28.9 Å². The van der Waals surface area contributed by atoms with Crippen molar-refractivity contribution in [3.63, 3.8) is 0 Å². The van der Waals surface area contributed by atoms with Gasteiger partial charge in [0.2, 0.25) is 0 Å². The summed E-state index contributed by atoms with van der Waals surface area (Å²) in [5.74, 6) is -3.07. The summed E-state index contributed by atoms with van der Waals surface area (Å²) >= 11 is 1.11. The molecule has 0 radical (unpaired) electrons. The first-order valence-electron chi connectivity index (χ1n) is 7.98. The van der Waals surface area contributed by atoms with Crippen LogP contribution in [0.15, 0.2) is 36.4 Å². The third-order valence-corrected chi connectivity index (χ3v) is 4.87. The molecule has 0 saturated heterocycles. The maximum absolute atomic E-state index is 14.1. The Morgan fingerprint density at radius 3 is 2.50 bits per heavy atom. The molecule has 0 atom stereocenters. The molecule has 0 spiro atoms. The van der Waals surface area contributed by atoms with Crippen LogP contribution in [-0.4, -0.2) is 38.1 Å². The normalized spacial score (nSPS) is 11.3. The first kappa shape index (κ1) is 18.3. The SMILES string of the molecule is C[NH+](C)CCN(C(=O)c1c(F)cccc1F)c1nc2ccc(F)cc2s1. The van der Waals surface area contributed by atoms with Gasteiger partial charge in [0, 0.05) is 0 Å². The summed E-state index contributed by atoms with van der Waals surface area (Å²) in [4.78, 5) is 19.5. The second-order valence-corrected chi connectivity index (χ2v) is 7.13. The smallest absolute Gasteiger partial charge is 0.266 e. The monoisotopic (exact) mass is 380 g/mol. The Balaban J connectivity index is 2.05. The average molecular weight is 380 g/mol. The molecule has 0 saturated carbocycles.